The molecule has 5 heteroatoms. The van der Waals surface area contributed by atoms with E-state index in [0.29, 0.717) is 12.2 Å². The van der Waals surface area contributed by atoms with E-state index in [1.54, 1.807) is 12.1 Å². The third-order valence-electron chi connectivity index (χ3n) is 4.92. The van der Waals surface area contributed by atoms with Crippen LogP contribution in [0.1, 0.15) is 41.6 Å². The molecule has 30 heavy (non-hydrogen) atoms. The van der Waals surface area contributed by atoms with Gasteiger partial charge < -0.3 is 15.2 Å². The van der Waals surface area contributed by atoms with Crippen LogP contribution in [-0.2, 0) is 11.2 Å². The molecule has 3 aromatic rings. The number of hydrogen-bond acceptors (Lipinski definition) is 3. The maximum Gasteiger partial charge on any atom is 0.305 e. The van der Waals surface area contributed by atoms with Gasteiger partial charge in [-0.1, -0.05) is 42.5 Å². The first-order valence-corrected chi connectivity index (χ1v) is 10.3. The molecule has 1 amide bonds. The number of carbonyl (C=O) groups excluding carboxylic acids is 1. The predicted molar refractivity (Wildman–Crippen MR) is 118 cm³/mol. The van der Waals surface area contributed by atoms with Gasteiger partial charge in [0.2, 0.25) is 0 Å². The molecular weight excluding hydrogens is 378 g/mol. The van der Waals surface area contributed by atoms with Crippen molar-refractivity contribution in [3.63, 3.8) is 0 Å². The Balaban J connectivity index is 1.44. The molecule has 0 aromatic heterocycles. The number of aryl methyl sites for hydroxylation is 1. The molecule has 0 unspecified atom stereocenters. The van der Waals surface area contributed by atoms with Crippen molar-refractivity contribution in [2.45, 2.75) is 32.1 Å². The molecule has 0 aliphatic rings. The van der Waals surface area contributed by atoms with Crippen molar-refractivity contribution < 1.29 is 19.4 Å². The average molecular weight is 405 g/mol. The number of rotatable bonds is 11. The molecule has 2 N–H and O–H groups in total. The zero-order valence-electron chi connectivity index (χ0n) is 17.0. The number of carboxylic acids is 1. The Morgan fingerprint density at radius 1 is 0.867 bits per heavy atom. The van der Waals surface area contributed by atoms with Gasteiger partial charge >= 0.3 is 5.97 Å². The molecule has 3 aromatic carbocycles. The molecule has 5 nitrogen and oxygen atoms in total. The number of amides is 1. The van der Waals surface area contributed by atoms with E-state index in [2.05, 4.69) is 29.6 Å². The highest BCUT2D eigenvalue weighted by atomic mass is 16.5. The Morgan fingerprint density at radius 3 is 2.43 bits per heavy atom. The van der Waals surface area contributed by atoms with E-state index in [1.807, 2.05) is 30.3 Å². The molecule has 0 saturated carbocycles. The Hall–Kier alpha value is -3.34. The summed E-state index contributed by atoms with van der Waals surface area (Å²) in [4.78, 5) is 22.7. The highest BCUT2D eigenvalue weighted by molar-refractivity contribution is 5.98. The minimum atomic E-state index is -0.933. The molecule has 0 aliphatic carbocycles. The Morgan fingerprint density at radius 2 is 1.63 bits per heavy atom. The summed E-state index contributed by atoms with van der Waals surface area (Å²) >= 11 is 0. The number of carboxylic acid groups (broad SMARTS) is 1. The highest BCUT2D eigenvalue weighted by Crippen LogP contribution is 2.22. The lowest BCUT2D eigenvalue weighted by Gasteiger charge is -2.09. The number of benzene rings is 3. The van der Waals surface area contributed by atoms with Crippen LogP contribution in [0.4, 0.5) is 0 Å². The van der Waals surface area contributed by atoms with Gasteiger partial charge in [-0.25, -0.2) is 0 Å². The highest BCUT2D eigenvalue weighted by Gasteiger charge is 2.07. The fourth-order valence-electron chi connectivity index (χ4n) is 3.28. The number of hydrogen-bond donors (Lipinski definition) is 2. The van der Waals surface area contributed by atoms with E-state index >= 15 is 0 Å². The fraction of sp³-hybridized carbons (Fsp3) is 0.280. The summed E-state index contributed by atoms with van der Waals surface area (Å²) in [5.41, 5.74) is 1.89. The van der Waals surface area contributed by atoms with Crippen molar-refractivity contribution in [2.24, 2.45) is 0 Å². The topological polar surface area (TPSA) is 75.6 Å². The summed E-state index contributed by atoms with van der Waals surface area (Å²) < 4.78 is 5.88. The third-order valence-corrected chi connectivity index (χ3v) is 4.92. The Labute approximate surface area is 176 Å². The SMILES string of the molecule is O=C(O)CCNC(=O)c1ccc2cc(OCCCCCc3ccccc3)ccc2c1. The van der Waals surface area contributed by atoms with Gasteiger partial charge in [-0.05, 0) is 66.3 Å². The zero-order chi connectivity index (χ0) is 21.2. The normalized spacial score (nSPS) is 10.7. The van der Waals surface area contributed by atoms with E-state index < -0.39 is 5.97 Å². The monoisotopic (exact) mass is 405 g/mol. The number of ether oxygens (including phenoxy) is 1. The van der Waals surface area contributed by atoms with Gasteiger partial charge in [0.05, 0.1) is 13.0 Å². The molecule has 3 rings (SSSR count). The van der Waals surface area contributed by atoms with Crippen LogP contribution in [0, 0.1) is 0 Å². The van der Waals surface area contributed by atoms with Crippen molar-refractivity contribution >= 4 is 22.6 Å². The van der Waals surface area contributed by atoms with Crippen molar-refractivity contribution in [1.29, 1.82) is 0 Å². The van der Waals surface area contributed by atoms with Gasteiger partial charge in [0.25, 0.3) is 5.91 Å². The minimum absolute atomic E-state index is 0.0910. The van der Waals surface area contributed by atoms with Crippen LogP contribution < -0.4 is 10.1 Å². The number of unbranched alkanes of at least 4 members (excludes halogenated alkanes) is 2. The molecule has 0 radical (unpaired) electrons. The molecule has 156 valence electrons. The van der Waals surface area contributed by atoms with Gasteiger partial charge in [-0.2, -0.15) is 0 Å². The van der Waals surface area contributed by atoms with Crippen molar-refractivity contribution in [1.82, 2.24) is 5.32 Å². The van der Waals surface area contributed by atoms with Gasteiger partial charge in [0.1, 0.15) is 5.75 Å². The summed E-state index contributed by atoms with van der Waals surface area (Å²) in [7, 11) is 0. The average Bonchev–Trinajstić information content (AvgIpc) is 2.76. The minimum Gasteiger partial charge on any atom is -0.494 e. The first-order chi connectivity index (χ1) is 14.6. The maximum absolute atomic E-state index is 12.1. The molecule has 0 saturated heterocycles. The number of fused-ring (bicyclic) bond motifs is 1. The first-order valence-electron chi connectivity index (χ1n) is 10.3. The summed E-state index contributed by atoms with van der Waals surface area (Å²) in [5, 5.41) is 13.2. The second-order valence-electron chi connectivity index (χ2n) is 7.27. The predicted octanol–water partition coefficient (Wildman–Crippen LogP) is 4.84. The largest absolute Gasteiger partial charge is 0.494 e. The van der Waals surface area contributed by atoms with E-state index in [9.17, 15) is 9.59 Å². The van der Waals surface area contributed by atoms with Crippen LogP contribution in [-0.4, -0.2) is 30.1 Å². The number of aliphatic carboxylic acids is 1. The number of nitrogens with one attached hydrogen (secondary N) is 1. The van der Waals surface area contributed by atoms with Crippen molar-refractivity contribution in [3.8, 4) is 5.75 Å². The molecule has 0 aliphatic heterocycles. The van der Waals surface area contributed by atoms with Gasteiger partial charge in [-0.15, -0.1) is 0 Å². The molecule has 0 bridgehead atoms. The second kappa shape index (κ2) is 11.0. The van der Waals surface area contributed by atoms with Crippen molar-refractivity contribution in [2.75, 3.05) is 13.2 Å². The van der Waals surface area contributed by atoms with E-state index in [-0.39, 0.29) is 18.9 Å². The molecule has 0 heterocycles. The van der Waals surface area contributed by atoms with Crippen LogP contribution in [0.25, 0.3) is 10.8 Å². The van der Waals surface area contributed by atoms with Crippen LogP contribution in [0.3, 0.4) is 0 Å². The Bertz CT molecular complexity index is 985. The van der Waals surface area contributed by atoms with Crippen LogP contribution in [0.15, 0.2) is 66.7 Å². The summed E-state index contributed by atoms with van der Waals surface area (Å²) in [6.07, 6.45) is 4.31. The van der Waals surface area contributed by atoms with Crippen LogP contribution in [0.2, 0.25) is 0 Å². The lowest BCUT2D eigenvalue weighted by atomic mass is 10.1. The molecule has 0 atom stereocenters. The van der Waals surface area contributed by atoms with Crippen molar-refractivity contribution in [3.05, 3.63) is 77.9 Å². The summed E-state index contributed by atoms with van der Waals surface area (Å²) in [6.45, 7) is 0.800. The third kappa shape index (κ3) is 6.62. The second-order valence-corrected chi connectivity index (χ2v) is 7.27. The lowest BCUT2D eigenvalue weighted by Crippen LogP contribution is -2.25. The molecule has 0 fully saturated rings. The maximum atomic E-state index is 12.1. The van der Waals surface area contributed by atoms with Crippen LogP contribution in [0.5, 0.6) is 5.75 Å². The van der Waals surface area contributed by atoms with Crippen LogP contribution >= 0.6 is 0 Å². The summed E-state index contributed by atoms with van der Waals surface area (Å²) in [5.74, 6) is -0.379. The van der Waals surface area contributed by atoms with Gasteiger partial charge in [-0.3, -0.25) is 9.59 Å². The summed E-state index contributed by atoms with van der Waals surface area (Å²) in [6, 6.07) is 21.8. The standard InChI is InChI=1S/C25H27NO4/c27-24(28)14-15-26-25(29)22-11-10-21-18-23(13-12-20(21)17-22)30-16-6-2-5-9-19-7-3-1-4-8-19/h1,3-4,7-8,10-13,17-18H,2,5-6,9,14-16H2,(H,26,29)(H,27,28). The molecular formula is C25H27NO4. The lowest BCUT2D eigenvalue weighted by molar-refractivity contribution is -0.136. The zero-order valence-corrected chi connectivity index (χ0v) is 17.0. The van der Waals surface area contributed by atoms with Gasteiger partial charge in [0.15, 0.2) is 0 Å². The van der Waals surface area contributed by atoms with E-state index in [1.165, 1.54) is 5.56 Å². The number of carbonyl (C=O) groups is 2. The van der Waals surface area contributed by atoms with E-state index in [0.717, 1.165) is 42.2 Å². The van der Waals surface area contributed by atoms with E-state index in [4.69, 9.17) is 9.84 Å². The smallest absolute Gasteiger partial charge is 0.305 e. The fourth-order valence-corrected chi connectivity index (χ4v) is 3.28. The molecule has 0 spiro atoms. The quantitative estimate of drug-likeness (QED) is 0.448. The Kier molecular flexibility index (Phi) is 7.84. The first kappa shape index (κ1) is 21.4. The van der Waals surface area contributed by atoms with Gasteiger partial charge in [0, 0.05) is 12.1 Å².